The summed E-state index contributed by atoms with van der Waals surface area (Å²) >= 11 is 0. The third-order valence-electron chi connectivity index (χ3n) is 3.94. The van der Waals surface area contributed by atoms with E-state index in [0.29, 0.717) is 6.61 Å². The molecule has 0 aliphatic carbocycles. The standard InChI is InChI=1S/C19H23NO2/c1-2-21-17-12-6-7-13-18(17)22-19(20-14-8-9-15-20)16-10-4-3-5-11-16/h3-7,10-13,19H,2,8-9,14-15H2,1H3. The summed E-state index contributed by atoms with van der Waals surface area (Å²) in [5.74, 6) is 1.62. The van der Waals surface area contributed by atoms with Crippen LogP contribution in [-0.4, -0.2) is 24.6 Å². The van der Waals surface area contributed by atoms with Crippen molar-refractivity contribution in [2.45, 2.75) is 26.0 Å². The molecule has 0 spiro atoms. The molecule has 0 saturated carbocycles. The molecule has 0 radical (unpaired) electrons. The lowest BCUT2D eigenvalue weighted by molar-refractivity contribution is 0.0393. The molecule has 0 aromatic heterocycles. The third-order valence-corrected chi connectivity index (χ3v) is 3.94. The van der Waals surface area contributed by atoms with Crippen LogP contribution in [0.4, 0.5) is 0 Å². The predicted molar refractivity (Wildman–Crippen MR) is 88.2 cm³/mol. The maximum absolute atomic E-state index is 6.37. The van der Waals surface area contributed by atoms with Gasteiger partial charge in [0.25, 0.3) is 0 Å². The van der Waals surface area contributed by atoms with Crippen molar-refractivity contribution in [1.29, 1.82) is 0 Å². The first-order chi connectivity index (χ1) is 10.9. The van der Waals surface area contributed by atoms with Gasteiger partial charge in [-0.05, 0) is 31.9 Å². The van der Waals surface area contributed by atoms with E-state index in [1.807, 2.05) is 37.3 Å². The molecule has 22 heavy (non-hydrogen) atoms. The number of benzene rings is 2. The lowest BCUT2D eigenvalue weighted by Crippen LogP contribution is -2.30. The van der Waals surface area contributed by atoms with Gasteiger partial charge in [0.15, 0.2) is 17.7 Å². The van der Waals surface area contributed by atoms with Crippen molar-refractivity contribution in [2.75, 3.05) is 19.7 Å². The van der Waals surface area contributed by atoms with Gasteiger partial charge in [-0.1, -0.05) is 42.5 Å². The second-order valence-electron chi connectivity index (χ2n) is 5.50. The average Bonchev–Trinajstić information content (AvgIpc) is 3.09. The monoisotopic (exact) mass is 297 g/mol. The molecule has 0 amide bonds. The molecular weight excluding hydrogens is 274 g/mol. The van der Waals surface area contributed by atoms with Gasteiger partial charge in [-0.25, -0.2) is 0 Å². The zero-order valence-corrected chi connectivity index (χ0v) is 13.1. The number of hydrogen-bond donors (Lipinski definition) is 0. The number of para-hydroxylation sites is 2. The Hall–Kier alpha value is -2.00. The molecule has 1 aliphatic heterocycles. The minimum Gasteiger partial charge on any atom is -0.490 e. The van der Waals surface area contributed by atoms with Crippen LogP contribution in [0.5, 0.6) is 11.5 Å². The maximum Gasteiger partial charge on any atom is 0.179 e. The number of likely N-dealkylation sites (tertiary alicyclic amines) is 1. The molecule has 0 N–H and O–H groups in total. The van der Waals surface area contributed by atoms with Crippen molar-refractivity contribution in [3.05, 3.63) is 60.2 Å². The van der Waals surface area contributed by atoms with Crippen LogP contribution in [0.1, 0.15) is 31.6 Å². The molecule has 3 rings (SSSR count). The van der Waals surface area contributed by atoms with Crippen LogP contribution in [0.25, 0.3) is 0 Å². The first-order valence-electron chi connectivity index (χ1n) is 8.06. The fraction of sp³-hybridized carbons (Fsp3) is 0.368. The van der Waals surface area contributed by atoms with Gasteiger partial charge in [0.2, 0.25) is 0 Å². The molecule has 1 fully saturated rings. The smallest absolute Gasteiger partial charge is 0.179 e. The second kappa shape index (κ2) is 7.32. The second-order valence-corrected chi connectivity index (χ2v) is 5.50. The van der Waals surface area contributed by atoms with Crippen molar-refractivity contribution >= 4 is 0 Å². The highest BCUT2D eigenvalue weighted by molar-refractivity contribution is 5.40. The van der Waals surface area contributed by atoms with E-state index < -0.39 is 0 Å². The Kier molecular flexibility index (Phi) is 4.96. The predicted octanol–water partition coefficient (Wildman–Crippen LogP) is 4.26. The Morgan fingerprint density at radius 1 is 0.909 bits per heavy atom. The molecule has 0 bridgehead atoms. The average molecular weight is 297 g/mol. The quantitative estimate of drug-likeness (QED) is 0.795. The zero-order valence-electron chi connectivity index (χ0n) is 13.1. The molecule has 1 aliphatic rings. The molecule has 1 atom stereocenters. The fourth-order valence-corrected chi connectivity index (χ4v) is 2.89. The van der Waals surface area contributed by atoms with Crippen molar-refractivity contribution in [1.82, 2.24) is 4.90 Å². The minimum absolute atomic E-state index is 0.0506. The van der Waals surface area contributed by atoms with E-state index in [1.54, 1.807) is 0 Å². The Morgan fingerprint density at radius 2 is 1.55 bits per heavy atom. The third kappa shape index (κ3) is 3.42. The van der Waals surface area contributed by atoms with Gasteiger partial charge in [-0.15, -0.1) is 0 Å². The lowest BCUT2D eigenvalue weighted by Gasteiger charge is -2.29. The summed E-state index contributed by atoms with van der Waals surface area (Å²) in [6.45, 7) is 4.79. The van der Waals surface area contributed by atoms with E-state index in [9.17, 15) is 0 Å². The Bertz CT molecular complexity index is 579. The highest BCUT2D eigenvalue weighted by atomic mass is 16.5. The molecule has 2 aromatic rings. The normalized spacial score (nSPS) is 16.4. The van der Waals surface area contributed by atoms with E-state index in [2.05, 4.69) is 29.2 Å². The number of ether oxygens (including phenoxy) is 2. The summed E-state index contributed by atoms with van der Waals surface area (Å²) in [5.41, 5.74) is 1.19. The summed E-state index contributed by atoms with van der Waals surface area (Å²) in [7, 11) is 0. The Balaban J connectivity index is 1.87. The molecule has 3 nitrogen and oxygen atoms in total. The summed E-state index contributed by atoms with van der Waals surface area (Å²) in [6, 6.07) is 18.3. The van der Waals surface area contributed by atoms with Gasteiger partial charge in [-0.2, -0.15) is 0 Å². The highest BCUT2D eigenvalue weighted by Gasteiger charge is 2.25. The van der Waals surface area contributed by atoms with Crippen LogP contribution in [0, 0.1) is 0 Å². The number of rotatable bonds is 6. The van der Waals surface area contributed by atoms with E-state index >= 15 is 0 Å². The van der Waals surface area contributed by atoms with E-state index in [1.165, 1.54) is 18.4 Å². The first kappa shape index (κ1) is 14.9. The highest BCUT2D eigenvalue weighted by Crippen LogP contribution is 2.33. The van der Waals surface area contributed by atoms with Crippen molar-refractivity contribution in [2.24, 2.45) is 0 Å². The van der Waals surface area contributed by atoms with Crippen LogP contribution in [0.2, 0.25) is 0 Å². The zero-order chi connectivity index (χ0) is 15.2. The molecule has 2 aromatic carbocycles. The molecule has 116 valence electrons. The van der Waals surface area contributed by atoms with Crippen molar-refractivity contribution in [3.8, 4) is 11.5 Å². The van der Waals surface area contributed by atoms with Crippen molar-refractivity contribution < 1.29 is 9.47 Å². The van der Waals surface area contributed by atoms with Gasteiger partial charge in [0.05, 0.1) is 6.61 Å². The number of nitrogens with zero attached hydrogens (tertiary/aromatic N) is 1. The number of hydrogen-bond acceptors (Lipinski definition) is 3. The van der Waals surface area contributed by atoms with E-state index in [4.69, 9.17) is 9.47 Å². The van der Waals surface area contributed by atoms with Crippen LogP contribution in [0.3, 0.4) is 0 Å². The lowest BCUT2D eigenvalue weighted by atomic mass is 10.2. The Labute approximate surface area is 132 Å². The van der Waals surface area contributed by atoms with Gasteiger partial charge in [0.1, 0.15) is 0 Å². The largest absolute Gasteiger partial charge is 0.490 e. The molecule has 1 heterocycles. The molecule has 1 unspecified atom stereocenters. The van der Waals surface area contributed by atoms with Gasteiger partial charge in [0, 0.05) is 18.7 Å². The topological polar surface area (TPSA) is 21.7 Å². The molecule has 1 saturated heterocycles. The fourth-order valence-electron chi connectivity index (χ4n) is 2.89. The van der Waals surface area contributed by atoms with Crippen LogP contribution in [-0.2, 0) is 0 Å². The van der Waals surface area contributed by atoms with Gasteiger partial charge in [-0.3, -0.25) is 4.90 Å². The summed E-state index contributed by atoms with van der Waals surface area (Å²) in [6.07, 6.45) is 2.42. The summed E-state index contributed by atoms with van der Waals surface area (Å²) in [5, 5.41) is 0. The van der Waals surface area contributed by atoms with Crippen LogP contribution < -0.4 is 9.47 Å². The maximum atomic E-state index is 6.37. The molecular formula is C19H23NO2. The molecule has 3 heteroatoms. The Morgan fingerprint density at radius 3 is 2.23 bits per heavy atom. The summed E-state index contributed by atoms with van der Waals surface area (Å²) in [4.78, 5) is 2.40. The van der Waals surface area contributed by atoms with E-state index in [-0.39, 0.29) is 6.23 Å². The van der Waals surface area contributed by atoms with Gasteiger partial charge >= 0.3 is 0 Å². The van der Waals surface area contributed by atoms with Crippen LogP contribution in [0.15, 0.2) is 54.6 Å². The SMILES string of the molecule is CCOc1ccccc1OC(c1ccccc1)N1CCCC1. The minimum atomic E-state index is -0.0506. The first-order valence-corrected chi connectivity index (χ1v) is 8.06. The van der Waals surface area contributed by atoms with Gasteiger partial charge < -0.3 is 9.47 Å². The van der Waals surface area contributed by atoms with Crippen molar-refractivity contribution in [3.63, 3.8) is 0 Å². The van der Waals surface area contributed by atoms with E-state index in [0.717, 1.165) is 24.6 Å². The van der Waals surface area contributed by atoms with Crippen LogP contribution >= 0.6 is 0 Å². The summed E-state index contributed by atoms with van der Waals surface area (Å²) < 4.78 is 12.1.